The standard InChI is InChI=1S/C8H12N2O/c1-5(9)7-3-4-8(11)10-6(7)2/h3-5H,9H2,1-2H3,(H,10,11)/t5-/m0/s1. The summed E-state index contributed by atoms with van der Waals surface area (Å²) in [6.07, 6.45) is 0. The lowest BCUT2D eigenvalue weighted by Gasteiger charge is -2.07. The zero-order valence-electron chi connectivity index (χ0n) is 6.72. The predicted molar refractivity (Wildman–Crippen MR) is 44.4 cm³/mol. The van der Waals surface area contributed by atoms with Gasteiger partial charge >= 0.3 is 0 Å². The number of hydrogen-bond donors (Lipinski definition) is 2. The Kier molecular flexibility index (Phi) is 2.10. The van der Waals surface area contributed by atoms with E-state index in [2.05, 4.69) is 4.98 Å². The zero-order valence-corrected chi connectivity index (χ0v) is 6.72. The Hall–Kier alpha value is -1.09. The largest absolute Gasteiger partial charge is 0.326 e. The molecule has 1 aromatic rings. The number of aryl methyl sites for hydroxylation is 1. The number of nitrogens with one attached hydrogen (secondary N) is 1. The maximum Gasteiger partial charge on any atom is 0.248 e. The molecule has 0 aliphatic heterocycles. The minimum absolute atomic E-state index is 0.0214. The molecule has 3 heteroatoms. The van der Waals surface area contributed by atoms with Crippen molar-refractivity contribution in [3.8, 4) is 0 Å². The van der Waals surface area contributed by atoms with Crippen LogP contribution in [0.3, 0.4) is 0 Å². The van der Waals surface area contributed by atoms with Gasteiger partial charge in [-0.1, -0.05) is 6.07 Å². The fourth-order valence-corrected chi connectivity index (χ4v) is 1.08. The summed E-state index contributed by atoms with van der Waals surface area (Å²) >= 11 is 0. The minimum atomic E-state index is -0.0769. The van der Waals surface area contributed by atoms with E-state index in [9.17, 15) is 4.79 Å². The van der Waals surface area contributed by atoms with Gasteiger partial charge in [-0.05, 0) is 19.4 Å². The van der Waals surface area contributed by atoms with E-state index in [-0.39, 0.29) is 11.6 Å². The summed E-state index contributed by atoms with van der Waals surface area (Å²) in [7, 11) is 0. The highest BCUT2D eigenvalue weighted by molar-refractivity contribution is 5.21. The van der Waals surface area contributed by atoms with Crippen LogP contribution in [-0.4, -0.2) is 4.98 Å². The van der Waals surface area contributed by atoms with Gasteiger partial charge in [0.1, 0.15) is 0 Å². The first kappa shape index (κ1) is 8.01. The summed E-state index contributed by atoms with van der Waals surface area (Å²) in [5.74, 6) is 0. The van der Waals surface area contributed by atoms with Gasteiger partial charge in [0, 0.05) is 17.8 Å². The molecule has 1 aromatic heterocycles. The Bertz CT molecular complexity index is 301. The smallest absolute Gasteiger partial charge is 0.248 e. The van der Waals surface area contributed by atoms with Crippen molar-refractivity contribution in [3.63, 3.8) is 0 Å². The van der Waals surface area contributed by atoms with Crippen LogP contribution in [-0.2, 0) is 0 Å². The second-order valence-corrected chi connectivity index (χ2v) is 2.69. The van der Waals surface area contributed by atoms with Crippen LogP contribution in [0.1, 0.15) is 24.2 Å². The molecule has 0 aliphatic carbocycles. The second kappa shape index (κ2) is 2.88. The number of H-pyrrole nitrogens is 1. The van der Waals surface area contributed by atoms with Crippen molar-refractivity contribution < 1.29 is 0 Å². The molecule has 0 fully saturated rings. The molecule has 0 bridgehead atoms. The Balaban J connectivity index is 3.20. The quantitative estimate of drug-likeness (QED) is 0.622. The van der Waals surface area contributed by atoms with E-state index in [1.807, 2.05) is 13.8 Å². The van der Waals surface area contributed by atoms with Crippen LogP contribution < -0.4 is 11.3 Å². The lowest BCUT2D eigenvalue weighted by Crippen LogP contribution is -2.13. The van der Waals surface area contributed by atoms with Gasteiger partial charge in [0.15, 0.2) is 0 Å². The molecule has 0 spiro atoms. The van der Waals surface area contributed by atoms with Gasteiger partial charge in [0.2, 0.25) is 5.56 Å². The first-order chi connectivity index (χ1) is 5.11. The summed E-state index contributed by atoms with van der Waals surface area (Å²) in [6.45, 7) is 3.74. The lowest BCUT2D eigenvalue weighted by atomic mass is 10.1. The Morgan fingerprint density at radius 1 is 1.55 bits per heavy atom. The average Bonchev–Trinajstić information content (AvgIpc) is 1.85. The maximum atomic E-state index is 10.8. The van der Waals surface area contributed by atoms with E-state index in [1.165, 1.54) is 6.07 Å². The molecule has 0 aromatic carbocycles. The van der Waals surface area contributed by atoms with Gasteiger partial charge in [0.25, 0.3) is 0 Å². The fourth-order valence-electron chi connectivity index (χ4n) is 1.08. The molecule has 1 heterocycles. The minimum Gasteiger partial charge on any atom is -0.326 e. The van der Waals surface area contributed by atoms with E-state index >= 15 is 0 Å². The molecule has 1 atom stereocenters. The van der Waals surface area contributed by atoms with E-state index in [0.29, 0.717) is 0 Å². The molecule has 3 N–H and O–H groups in total. The van der Waals surface area contributed by atoms with E-state index in [0.717, 1.165) is 11.3 Å². The topological polar surface area (TPSA) is 58.9 Å². The van der Waals surface area contributed by atoms with E-state index < -0.39 is 0 Å². The van der Waals surface area contributed by atoms with Gasteiger partial charge in [-0.2, -0.15) is 0 Å². The first-order valence-electron chi connectivity index (χ1n) is 3.56. The average molecular weight is 152 g/mol. The third-order valence-electron chi connectivity index (χ3n) is 1.65. The number of aromatic nitrogens is 1. The number of aromatic amines is 1. The molecule has 0 saturated carbocycles. The van der Waals surface area contributed by atoms with Crippen molar-refractivity contribution in [2.45, 2.75) is 19.9 Å². The molecule has 0 radical (unpaired) electrons. The van der Waals surface area contributed by atoms with Crippen molar-refractivity contribution >= 4 is 0 Å². The third-order valence-corrected chi connectivity index (χ3v) is 1.65. The second-order valence-electron chi connectivity index (χ2n) is 2.69. The summed E-state index contributed by atoms with van der Waals surface area (Å²) in [6, 6.07) is 3.23. The van der Waals surface area contributed by atoms with Crippen LogP contribution in [0.2, 0.25) is 0 Å². The van der Waals surface area contributed by atoms with Crippen LogP contribution in [0.25, 0.3) is 0 Å². The Morgan fingerprint density at radius 2 is 2.18 bits per heavy atom. The van der Waals surface area contributed by atoms with Gasteiger partial charge < -0.3 is 10.7 Å². The molecule has 1 rings (SSSR count). The summed E-state index contributed by atoms with van der Waals surface area (Å²) in [5.41, 5.74) is 7.41. The summed E-state index contributed by atoms with van der Waals surface area (Å²) in [5, 5.41) is 0. The highest BCUT2D eigenvalue weighted by atomic mass is 16.1. The van der Waals surface area contributed by atoms with Crippen molar-refractivity contribution in [2.75, 3.05) is 0 Å². The number of rotatable bonds is 1. The fraction of sp³-hybridized carbons (Fsp3) is 0.375. The molecule has 3 nitrogen and oxygen atoms in total. The molecule has 0 saturated heterocycles. The van der Waals surface area contributed by atoms with Crippen molar-refractivity contribution in [3.05, 3.63) is 33.7 Å². The number of pyridine rings is 1. The Labute approximate surface area is 65.2 Å². The molecule has 0 aliphatic rings. The monoisotopic (exact) mass is 152 g/mol. The molecule has 11 heavy (non-hydrogen) atoms. The van der Waals surface area contributed by atoms with Crippen LogP contribution in [0.5, 0.6) is 0 Å². The number of hydrogen-bond acceptors (Lipinski definition) is 2. The molecule has 60 valence electrons. The SMILES string of the molecule is Cc1[nH]c(=O)ccc1[C@H](C)N. The van der Waals surface area contributed by atoms with Crippen LogP contribution in [0.15, 0.2) is 16.9 Å². The zero-order chi connectivity index (χ0) is 8.43. The van der Waals surface area contributed by atoms with Gasteiger partial charge in [-0.25, -0.2) is 0 Å². The highest BCUT2D eigenvalue weighted by Crippen LogP contribution is 2.09. The van der Waals surface area contributed by atoms with Crippen molar-refractivity contribution in [1.29, 1.82) is 0 Å². The van der Waals surface area contributed by atoms with Gasteiger partial charge in [-0.3, -0.25) is 4.79 Å². The van der Waals surface area contributed by atoms with Crippen LogP contribution in [0.4, 0.5) is 0 Å². The van der Waals surface area contributed by atoms with Crippen molar-refractivity contribution in [1.82, 2.24) is 4.98 Å². The first-order valence-corrected chi connectivity index (χ1v) is 3.56. The summed E-state index contributed by atoms with van der Waals surface area (Å²) in [4.78, 5) is 13.5. The maximum absolute atomic E-state index is 10.8. The molecule has 0 unspecified atom stereocenters. The lowest BCUT2D eigenvalue weighted by molar-refractivity contribution is 0.797. The van der Waals surface area contributed by atoms with Crippen LogP contribution >= 0.6 is 0 Å². The van der Waals surface area contributed by atoms with Gasteiger partial charge in [-0.15, -0.1) is 0 Å². The van der Waals surface area contributed by atoms with E-state index in [1.54, 1.807) is 6.07 Å². The van der Waals surface area contributed by atoms with Gasteiger partial charge in [0.05, 0.1) is 0 Å². The molecular formula is C8H12N2O. The normalized spacial score (nSPS) is 13.0. The Morgan fingerprint density at radius 3 is 2.64 bits per heavy atom. The molecular weight excluding hydrogens is 140 g/mol. The molecule has 0 amide bonds. The highest BCUT2D eigenvalue weighted by Gasteiger charge is 2.02. The predicted octanol–water partition coefficient (Wildman–Crippen LogP) is 0.703. The summed E-state index contributed by atoms with van der Waals surface area (Å²) < 4.78 is 0. The third kappa shape index (κ3) is 1.68. The van der Waals surface area contributed by atoms with E-state index in [4.69, 9.17) is 5.73 Å². The number of nitrogens with two attached hydrogens (primary N) is 1. The van der Waals surface area contributed by atoms with Crippen molar-refractivity contribution in [2.24, 2.45) is 5.73 Å². The van der Waals surface area contributed by atoms with Crippen LogP contribution in [0, 0.1) is 6.92 Å².